The number of nitrogens with zero attached hydrogens (tertiary/aromatic N) is 4. The van der Waals surface area contributed by atoms with E-state index in [1.54, 1.807) is 17.5 Å². The van der Waals surface area contributed by atoms with Crippen molar-refractivity contribution < 1.29 is 0 Å². The first-order valence-electron chi connectivity index (χ1n) is 5.54. The van der Waals surface area contributed by atoms with Gasteiger partial charge in [-0.15, -0.1) is 11.3 Å². The fraction of sp³-hybridized carbons (Fsp3) is 0.154. The summed E-state index contributed by atoms with van der Waals surface area (Å²) in [6, 6.07) is 9.74. The monoisotopic (exact) mass is 256 g/mol. The number of rotatable bonds is 5. The number of aromatic nitrogens is 1. The predicted octanol–water partition coefficient (Wildman–Crippen LogP) is 4.08. The zero-order valence-corrected chi connectivity index (χ0v) is 10.5. The molecule has 0 aliphatic rings. The molecule has 0 spiro atoms. The Morgan fingerprint density at radius 1 is 1.39 bits per heavy atom. The second kappa shape index (κ2) is 6.59. The summed E-state index contributed by atoms with van der Waals surface area (Å²) in [5.74, 6) is 0. The largest absolute Gasteiger partial charge is 0.250 e. The van der Waals surface area contributed by atoms with Gasteiger partial charge in [0.25, 0.3) is 0 Å². The molecule has 0 aliphatic heterocycles. The van der Waals surface area contributed by atoms with E-state index >= 15 is 0 Å². The molecule has 0 radical (unpaired) electrons. The van der Waals surface area contributed by atoms with Crippen LogP contribution in [0.2, 0.25) is 0 Å². The molecule has 2 aromatic rings. The Labute approximate surface area is 109 Å². The molecule has 18 heavy (non-hydrogen) atoms. The van der Waals surface area contributed by atoms with Crippen molar-refractivity contribution >= 4 is 17.4 Å². The molecule has 4 nitrogen and oxygen atoms in total. The first kappa shape index (κ1) is 12.4. The van der Waals surface area contributed by atoms with Crippen LogP contribution in [-0.2, 0) is 6.42 Å². The lowest BCUT2D eigenvalue weighted by molar-refractivity contribution is 0.798. The molecule has 0 fully saturated rings. The van der Waals surface area contributed by atoms with Gasteiger partial charge in [0, 0.05) is 22.9 Å². The second-order valence-electron chi connectivity index (χ2n) is 3.67. The van der Waals surface area contributed by atoms with Gasteiger partial charge < -0.3 is 0 Å². The van der Waals surface area contributed by atoms with Crippen LogP contribution in [0.4, 0.5) is 0 Å². The van der Waals surface area contributed by atoms with E-state index in [1.807, 2.05) is 47.9 Å². The van der Waals surface area contributed by atoms with Gasteiger partial charge in [-0.05, 0) is 11.1 Å². The third-order valence-corrected chi connectivity index (χ3v) is 3.18. The van der Waals surface area contributed by atoms with E-state index in [2.05, 4.69) is 15.0 Å². The Kier molecular flexibility index (Phi) is 4.53. The van der Waals surface area contributed by atoms with E-state index in [1.165, 1.54) is 0 Å². The number of thiazole rings is 1. The van der Waals surface area contributed by atoms with Gasteiger partial charge >= 0.3 is 0 Å². The molecule has 1 aromatic carbocycles. The van der Waals surface area contributed by atoms with Crippen LogP contribution in [0, 0.1) is 0 Å². The van der Waals surface area contributed by atoms with E-state index in [0.717, 1.165) is 10.6 Å². The van der Waals surface area contributed by atoms with Gasteiger partial charge in [-0.2, -0.15) is 0 Å². The molecule has 5 heteroatoms. The standard InChI is InChI=1S/C13H12N4S/c14-17-16-12(10-13-15-8-9-18-13)7-6-11-4-2-1-3-5-11/h1-9,12H,10H2/b7-6+. The van der Waals surface area contributed by atoms with E-state index < -0.39 is 0 Å². The second-order valence-corrected chi connectivity index (χ2v) is 4.65. The van der Waals surface area contributed by atoms with Crippen LogP contribution in [-0.4, -0.2) is 11.0 Å². The van der Waals surface area contributed by atoms with Crippen LogP contribution in [0.25, 0.3) is 16.5 Å². The van der Waals surface area contributed by atoms with Crippen molar-refractivity contribution in [2.45, 2.75) is 12.5 Å². The summed E-state index contributed by atoms with van der Waals surface area (Å²) in [6.07, 6.45) is 6.28. The lowest BCUT2D eigenvalue weighted by Gasteiger charge is -2.02. The molecule has 1 heterocycles. The highest BCUT2D eigenvalue weighted by atomic mass is 32.1. The average molecular weight is 256 g/mol. The Morgan fingerprint density at radius 2 is 2.22 bits per heavy atom. The molecule has 0 amide bonds. The number of hydrogen-bond donors (Lipinski definition) is 0. The van der Waals surface area contributed by atoms with Crippen molar-refractivity contribution in [3.05, 3.63) is 69.0 Å². The maximum Gasteiger partial charge on any atom is 0.0932 e. The lowest BCUT2D eigenvalue weighted by Crippen LogP contribution is -2.03. The van der Waals surface area contributed by atoms with Crippen LogP contribution < -0.4 is 0 Å². The predicted molar refractivity (Wildman–Crippen MR) is 74.2 cm³/mol. The van der Waals surface area contributed by atoms with Crippen LogP contribution in [0.15, 0.2) is 53.1 Å². The molecule has 1 aromatic heterocycles. The normalized spacial score (nSPS) is 12.2. The molecule has 2 rings (SSSR count). The van der Waals surface area contributed by atoms with Gasteiger partial charge in [0.15, 0.2) is 0 Å². The molecule has 0 N–H and O–H groups in total. The van der Waals surface area contributed by atoms with Crippen molar-refractivity contribution in [2.24, 2.45) is 5.11 Å². The van der Waals surface area contributed by atoms with E-state index in [9.17, 15) is 0 Å². The summed E-state index contributed by atoms with van der Waals surface area (Å²) in [5, 5.41) is 6.67. The van der Waals surface area contributed by atoms with Crippen LogP contribution in [0.3, 0.4) is 0 Å². The molecule has 0 aliphatic carbocycles. The molecular formula is C13H12N4S. The van der Waals surface area contributed by atoms with E-state index in [4.69, 9.17) is 5.53 Å². The van der Waals surface area contributed by atoms with Gasteiger partial charge in [0.2, 0.25) is 0 Å². The molecule has 0 saturated heterocycles. The third-order valence-electron chi connectivity index (χ3n) is 2.38. The van der Waals surface area contributed by atoms with Crippen molar-refractivity contribution in [2.75, 3.05) is 0 Å². The highest BCUT2D eigenvalue weighted by Crippen LogP contribution is 2.12. The summed E-state index contributed by atoms with van der Waals surface area (Å²) < 4.78 is 0. The molecule has 1 atom stereocenters. The summed E-state index contributed by atoms with van der Waals surface area (Å²) in [5.41, 5.74) is 9.66. The summed E-state index contributed by atoms with van der Waals surface area (Å²) in [6.45, 7) is 0. The average Bonchev–Trinajstić information content (AvgIpc) is 2.90. The fourth-order valence-electron chi connectivity index (χ4n) is 1.53. The summed E-state index contributed by atoms with van der Waals surface area (Å²) in [7, 11) is 0. The highest BCUT2D eigenvalue weighted by molar-refractivity contribution is 7.09. The van der Waals surface area contributed by atoms with Gasteiger partial charge in [-0.25, -0.2) is 4.98 Å². The van der Waals surface area contributed by atoms with Gasteiger partial charge in [0.05, 0.1) is 11.0 Å². The minimum atomic E-state index is -0.193. The smallest absolute Gasteiger partial charge is 0.0932 e. The summed E-state index contributed by atoms with van der Waals surface area (Å²) >= 11 is 1.57. The highest BCUT2D eigenvalue weighted by Gasteiger charge is 2.05. The first-order valence-corrected chi connectivity index (χ1v) is 6.42. The van der Waals surface area contributed by atoms with Crippen molar-refractivity contribution in [1.82, 2.24) is 4.98 Å². The zero-order valence-electron chi connectivity index (χ0n) is 9.68. The van der Waals surface area contributed by atoms with Crippen LogP contribution >= 0.6 is 11.3 Å². The maximum atomic E-state index is 8.57. The van der Waals surface area contributed by atoms with Crippen LogP contribution in [0.5, 0.6) is 0 Å². The lowest BCUT2D eigenvalue weighted by atomic mass is 10.1. The number of hydrogen-bond acceptors (Lipinski definition) is 3. The quantitative estimate of drug-likeness (QED) is 0.451. The Bertz CT molecular complexity index is 542. The van der Waals surface area contributed by atoms with Gasteiger partial charge in [-0.1, -0.05) is 47.6 Å². The van der Waals surface area contributed by atoms with E-state index in [-0.39, 0.29) is 6.04 Å². The Morgan fingerprint density at radius 3 is 2.89 bits per heavy atom. The Hall–Kier alpha value is -2.10. The third kappa shape index (κ3) is 3.73. The molecule has 0 saturated carbocycles. The molecule has 90 valence electrons. The topological polar surface area (TPSA) is 61.7 Å². The SMILES string of the molecule is [N-]=[N+]=NC(/C=C/c1ccccc1)Cc1nccs1. The van der Waals surface area contributed by atoms with Gasteiger partial charge in [0.1, 0.15) is 0 Å². The molecule has 1 unspecified atom stereocenters. The molecular weight excluding hydrogens is 244 g/mol. The van der Waals surface area contributed by atoms with Crippen molar-refractivity contribution in [3.63, 3.8) is 0 Å². The zero-order chi connectivity index (χ0) is 12.6. The van der Waals surface area contributed by atoms with Crippen molar-refractivity contribution in [3.8, 4) is 0 Å². The van der Waals surface area contributed by atoms with Crippen molar-refractivity contribution in [1.29, 1.82) is 0 Å². The minimum Gasteiger partial charge on any atom is -0.250 e. The minimum absolute atomic E-state index is 0.193. The molecule has 0 bridgehead atoms. The summed E-state index contributed by atoms with van der Waals surface area (Å²) in [4.78, 5) is 7.07. The number of benzene rings is 1. The number of azide groups is 1. The fourth-order valence-corrected chi connectivity index (χ4v) is 2.20. The first-order chi connectivity index (χ1) is 8.88. The van der Waals surface area contributed by atoms with E-state index in [0.29, 0.717) is 6.42 Å². The van der Waals surface area contributed by atoms with Crippen LogP contribution in [0.1, 0.15) is 10.6 Å². The van der Waals surface area contributed by atoms with Gasteiger partial charge in [-0.3, -0.25) is 0 Å². The maximum absolute atomic E-state index is 8.57. The Balaban J connectivity index is 2.07.